The van der Waals surface area contributed by atoms with Crippen molar-refractivity contribution in [2.45, 2.75) is 10.9 Å². The van der Waals surface area contributed by atoms with E-state index in [0.717, 1.165) is 5.56 Å². The van der Waals surface area contributed by atoms with Gasteiger partial charge in [0.1, 0.15) is 12.4 Å². The van der Waals surface area contributed by atoms with Gasteiger partial charge in [0, 0.05) is 5.56 Å². The van der Waals surface area contributed by atoms with Crippen molar-refractivity contribution in [3.05, 3.63) is 53.1 Å². The summed E-state index contributed by atoms with van der Waals surface area (Å²) in [5.41, 5.74) is 6.70. The third kappa shape index (κ3) is 2.70. The van der Waals surface area contributed by atoms with E-state index < -0.39 is 16.1 Å². The van der Waals surface area contributed by atoms with Crippen LogP contribution in [0.25, 0.3) is 0 Å². The van der Waals surface area contributed by atoms with Gasteiger partial charge >= 0.3 is 0 Å². The Hall–Kier alpha value is -1.76. The molecule has 1 heterocycles. The number of rotatable bonds is 3. The van der Waals surface area contributed by atoms with Gasteiger partial charge in [-0.15, -0.1) is 0 Å². The number of halogens is 1. The van der Waals surface area contributed by atoms with E-state index in [1.807, 2.05) is 24.3 Å². The van der Waals surface area contributed by atoms with Gasteiger partial charge in [-0.1, -0.05) is 29.8 Å². The predicted octanol–water partition coefficient (Wildman–Crippen LogP) is 2.33. The largest absolute Gasteiger partial charge is 0.491 e. The zero-order valence-electron chi connectivity index (χ0n) is 10.9. The van der Waals surface area contributed by atoms with Crippen LogP contribution in [0.3, 0.4) is 0 Å². The number of nitrogen functional groups attached to an aromatic ring is 1. The Morgan fingerprint density at radius 3 is 2.76 bits per heavy atom. The Morgan fingerprint density at radius 1 is 1.24 bits per heavy atom. The standard InChI is InChI=1S/C14H13ClN2O3S/c15-11-6-5-9(7-12(11)16)21(18,19)17-13-8-20-14-4-2-1-3-10(13)14/h1-7,13,17H,8,16H2. The second kappa shape index (κ2) is 5.22. The van der Waals surface area contributed by atoms with Gasteiger partial charge in [0.15, 0.2) is 0 Å². The Morgan fingerprint density at radius 2 is 2.00 bits per heavy atom. The van der Waals surface area contributed by atoms with Gasteiger partial charge in [0.25, 0.3) is 0 Å². The summed E-state index contributed by atoms with van der Waals surface area (Å²) in [6.45, 7) is 0.266. The summed E-state index contributed by atoms with van der Waals surface area (Å²) in [7, 11) is -3.69. The number of ether oxygens (including phenoxy) is 1. The second-order valence-corrected chi connectivity index (χ2v) is 6.83. The van der Waals surface area contributed by atoms with Crippen LogP contribution in [0, 0.1) is 0 Å². The van der Waals surface area contributed by atoms with Crippen LogP contribution in [-0.4, -0.2) is 15.0 Å². The molecule has 0 aliphatic carbocycles. The van der Waals surface area contributed by atoms with E-state index in [1.54, 1.807) is 0 Å². The fourth-order valence-electron chi connectivity index (χ4n) is 2.20. The van der Waals surface area contributed by atoms with Crippen molar-refractivity contribution in [2.24, 2.45) is 0 Å². The molecule has 21 heavy (non-hydrogen) atoms. The minimum absolute atomic E-state index is 0.0776. The maximum atomic E-state index is 12.4. The van der Waals surface area contributed by atoms with Gasteiger partial charge in [-0.3, -0.25) is 0 Å². The van der Waals surface area contributed by atoms with E-state index in [1.165, 1.54) is 18.2 Å². The normalized spacial score (nSPS) is 17.3. The lowest BCUT2D eigenvalue weighted by atomic mass is 10.1. The molecule has 3 rings (SSSR count). The van der Waals surface area contributed by atoms with E-state index >= 15 is 0 Å². The van der Waals surface area contributed by atoms with Gasteiger partial charge in [0.2, 0.25) is 10.0 Å². The van der Waals surface area contributed by atoms with Gasteiger partial charge in [-0.25, -0.2) is 13.1 Å². The number of nitrogens with two attached hydrogens (primary N) is 1. The molecule has 0 saturated carbocycles. The molecule has 0 radical (unpaired) electrons. The van der Waals surface area contributed by atoms with Crippen LogP contribution in [0.2, 0.25) is 5.02 Å². The van der Waals surface area contributed by atoms with Crippen molar-refractivity contribution in [1.29, 1.82) is 0 Å². The summed E-state index contributed by atoms with van der Waals surface area (Å²) in [6, 6.07) is 11.1. The summed E-state index contributed by atoms with van der Waals surface area (Å²) in [5, 5.41) is 0.323. The fourth-order valence-corrected chi connectivity index (χ4v) is 3.56. The van der Waals surface area contributed by atoms with Crippen LogP contribution < -0.4 is 15.2 Å². The zero-order chi connectivity index (χ0) is 15.0. The molecule has 0 spiro atoms. The van der Waals surface area contributed by atoms with Crippen molar-refractivity contribution in [3.63, 3.8) is 0 Å². The lowest BCUT2D eigenvalue weighted by Crippen LogP contribution is -2.29. The zero-order valence-corrected chi connectivity index (χ0v) is 12.5. The monoisotopic (exact) mass is 324 g/mol. The maximum Gasteiger partial charge on any atom is 0.241 e. The molecule has 0 saturated heterocycles. The number of fused-ring (bicyclic) bond motifs is 1. The molecular weight excluding hydrogens is 312 g/mol. The number of anilines is 1. The van der Waals surface area contributed by atoms with Gasteiger partial charge < -0.3 is 10.5 Å². The van der Waals surface area contributed by atoms with Crippen molar-refractivity contribution in [2.75, 3.05) is 12.3 Å². The molecule has 0 bridgehead atoms. The van der Waals surface area contributed by atoms with Gasteiger partial charge in [-0.2, -0.15) is 0 Å². The highest BCUT2D eigenvalue weighted by atomic mass is 35.5. The van der Waals surface area contributed by atoms with E-state index in [4.69, 9.17) is 22.1 Å². The molecule has 5 nitrogen and oxygen atoms in total. The minimum atomic E-state index is -3.69. The molecule has 1 aliphatic rings. The summed E-state index contributed by atoms with van der Waals surface area (Å²) >= 11 is 5.81. The Bertz CT molecular complexity index is 793. The van der Waals surface area contributed by atoms with Crippen LogP contribution in [-0.2, 0) is 10.0 Å². The Labute approximate surface area is 127 Å². The third-order valence-electron chi connectivity index (χ3n) is 3.28. The lowest BCUT2D eigenvalue weighted by molar-refractivity contribution is 0.325. The third-order valence-corrected chi connectivity index (χ3v) is 5.09. The topological polar surface area (TPSA) is 81.4 Å². The van der Waals surface area contributed by atoms with Crippen LogP contribution >= 0.6 is 11.6 Å². The van der Waals surface area contributed by atoms with E-state index in [9.17, 15) is 8.42 Å². The van der Waals surface area contributed by atoms with E-state index in [0.29, 0.717) is 10.8 Å². The first-order valence-corrected chi connectivity index (χ1v) is 8.12. The van der Waals surface area contributed by atoms with Gasteiger partial charge in [0.05, 0.1) is 21.6 Å². The number of hydrogen-bond acceptors (Lipinski definition) is 4. The molecule has 0 amide bonds. The number of nitrogens with one attached hydrogen (secondary N) is 1. The maximum absolute atomic E-state index is 12.4. The first kappa shape index (κ1) is 14.2. The smallest absolute Gasteiger partial charge is 0.241 e. The fraction of sp³-hybridized carbons (Fsp3) is 0.143. The predicted molar refractivity (Wildman–Crippen MR) is 80.9 cm³/mol. The molecular formula is C14H13ClN2O3S. The Kier molecular flexibility index (Phi) is 3.52. The second-order valence-electron chi connectivity index (χ2n) is 4.71. The molecule has 2 aromatic rings. The first-order valence-electron chi connectivity index (χ1n) is 6.26. The highest BCUT2D eigenvalue weighted by Crippen LogP contribution is 2.33. The molecule has 1 aliphatic heterocycles. The highest BCUT2D eigenvalue weighted by Gasteiger charge is 2.28. The first-order chi connectivity index (χ1) is 9.97. The van der Waals surface area contributed by atoms with E-state index in [2.05, 4.69) is 4.72 Å². The average Bonchev–Trinajstić information content (AvgIpc) is 2.85. The van der Waals surface area contributed by atoms with Crippen molar-refractivity contribution in [1.82, 2.24) is 4.72 Å². The lowest BCUT2D eigenvalue weighted by Gasteiger charge is -2.13. The number of sulfonamides is 1. The average molecular weight is 325 g/mol. The molecule has 7 heteroatoms. The quantitative estimate of drug-likeness (QED) is 0.849. The molecule has 3 N–H and O–H groups in total. The van der Waals surface area contributed by atoms with Gasteiger partial charge in [-0.05, 0) is 24.3 Å². The number of para-hydroxylation sites is 1. The molecule has 1 unspecified atom stereocenters. The number of hydrogen-bond donors (Lipinski definition) is 2. The summed E-state index contributed by atoms with van der Waals surface area (Å²) < 4.78 is 32.9. The van der Waals surface area contributed by atoms with Crippen molar-refractivity contribution >= 4 is 27.3 Å². The van der Waals surface area contributed by atoms with Crippen molar-refractivity contribution < 1.29 is 13.2 Å². The summed E-state index contributed by atoms with van der Waals surface area (Å²) in [5.74, 6) is 0.695. The van der Waals surface area contributed by atoms with E-state index in [-0.39, 0.29) is 17.2 Å². The summed E-state index contributed by atoms with van der Waals surface area (Å²) in [4.78, 5) is 0.0776. The van der Waals surface area contributed by atoms with Crippen LogP contribution in [0.1, 0.15) is 11.6 Å². The summed E-state index contributed by atoms with van der Waals surface area (Å²) in [6.07, 6.45) is 0. The molecule has 1 atom stereocenters. The SMILES string of the molecule is Nc1cc(S(=O)(=O)NC2COc3ccccc32)ccc1Cl. The van der Waals surface area contributed by atoms with Crippen molar-refractivity contribution in [3.8, 4) is 5.75 Å². The van der Waals surface area contributed by atoms with Crippen LogP contribution in [0.5, 0.6) is 5.75 Å². The van der Waals surface area contributed by atoms with Crippen LogP contribution in [0.15, 0.2) is 47.4 Å². The molecule has 0 fully saturated rings. The molecule has 2 aromatic carbocycles. The Balaban J connectivity index is 1.89. The highest BCUT2D eigenvalue weighted by molar-refractivity contribution is 7.89. The van der Waals surface area contributed by atoms with Crippen LogP contribution in [0.4, 0.5) is 5.69 Å². The minimum Gasteiger partial charge on any atom is -0.491 e. The molecule has 110 valence electrons. The molecule has 0 aromatic heterocycles. The number of benzene rings is 2.